The van der Waals surface area contributed by atoms with Gasteiger partial charge < -0.3 is 19.5 Å². The normalized spacial score (nSPS) is 25.0. The number of hydrogen-bond donors (Lipinski definition) is 1. The molecule has 2 rings (SSSR count). The Labute approximate surface area is 95.3 Å². The third-order valence-electron chi connectivity index (χ3n) is 3.30. The number of rotatable bonds is 4. The minimum absolute atomic E-state index is 0.259. The molecule has 1 spiro atoms. The van der Waals surface area contributed by atoms with E-state index in [1.54, 1.807) is 0 Å². The fraction of sp³-hybridized carbons (Fsp3) is 0.909. The van der Waals surface area contributed by atoms with E-state index in [1.165, 1.54) is 0 Å². The number of carboxylic acid groups (broad SMARTS) is 1. The van der Waals surface area contributed by atoms with Gasteiger partial charge in [-0.2, -0.15) is 0 Å². The molecule has 5 heteroatoms. The van der Waals surface area contributed by atoms with Gasteiger partial charge in [0.25, 0.3) is 0 Å². The number of nitrogens with zero attached hydrogens (tertiary/aromatic N) is 1. The van der Waals surface area contributed by atoms with Crippen LogP contribution in [0.3, 0.4) is 0 Å². The van der Waals surface area contributed by atoms with Crippen molar-refractivity contribution >= 4 is 5.97 Å². The molecule has 0 saturated carbocycles. The van der Waals surface area contributed by atoms with Crippen LogP contribution in [0.5, 0.6) is 0 Å². The summed E-state index contributed by atoms with van der Waals surface area (Å²) in [4.78, 5) is 12.7. The summed E-state index contributed by atoms with van der Waals surface area (Å²) in [5.74, 6) is -1.03. The highest BCUT2D eigenvalue weighted by molar-refractivity contribution is 5.66. The van der Waals surface area contributed by atoms with E-state index in [9.17, 15) is 4.79 Å². The van der Waals surface area contributed by atoms with Crippen molar-refractivity contribution in [2.45, 2.75) is 31.5 Å². The van der Waals surface area contributed by atoms with Crippen LogP contribution in [0.25, 0.3) is 0 Å². The molecule has 2 heterocycles. The number of ether oxygens (including phenoxy) is 2. The summed E-state index contributed by atoms with van der Waals surface area (Å²) in [5.41, 5.74) is 0. The highest BCUT2D eigenvalue weighted by atomic mass is 16.7. The van der Waals surface area contributed by atoms with Gasteiger partial charge >= 0.3 is 5.97 Å². The molecule has 0 atom stereocenters. The summed E-state index contributed by atoms with van der Waals surface area (Å²) in [5, 5.41) is 8.55. The SMILES string of the molecule is O=C(O)CCCN1CCC2(CC1)OCCO2. The molecule has 0 aliphatic carbocycles. The van der Waals surface area contributed by atoms with Crippen LogP contribution >= 0.6 is 0 Å². The third kappa shape index (κ3) is 2.93. The van der Waals surface area contributed by atoms with Crippen LogP contribution in [0.2, 0.25) is 0 Å². The smallest absolute Gasteiger partial charge is 0.303 e. The molecule has 1 N–H and O–H groups in total. The monoisotopic (exact) mass is 229 g/mol. The van der Waals surface area contributed by atoms with Gasteiger partial charge in [0.1, 0.15) is 0 Å². The molecular weight excluding hydrogens is 210 g/mol. The van der Waals surface area contributed by atoms with Crippen molar-refractivity contribution in [3.05, 3.63) is 0 Å². The Hall–Kier alpha value is -0.650. The van der Waals surface area contributed by atoms with E-state index < -0.39 is 5.97 Å². The Morgan fingerprint density at radius 1 is 1.25 bits per heavy atom. The van der Waals surface area contributed by atoms with E-state index >= 15 is 0 Å². The van der Waals surface area contributed by atoms with Crippen molar-refractivity contribution in [2.24, 2.45) is 0 Å². The highest BCUT2D eigenvalue weighted by Crippen LogP contribution is 2.31. The third-order valence-corrected chi connectivity index (χ3v) is 3.30. The van der Waals surface area contributed by atoms with Crippen LogP contribution in [0.1, 0.15) is 25.7 Å². The van der Waals surface area contributed by atoms with Crippen molar-refractivity contribution < 1.29 is 19.4 Å². The lowest BCUT2D eigenvalue weighted by Crippen LogP contribution is -2.45. The molecular formula is C11H19NO4. The summed E-state index contributed by atoms with van der Waals surface area (Å²) in [7, 11) is 0. The molecule has 0 aromatic carbocycles. The Bertz CT molecular complexity index is 240. The quantitative estimate of drug-likeness (QED) is 0.768. The molecule has 2 fully saturated rings. The van der Waals surface area contributed by atoms with Gasteiger partial charge in [-0.05, 0) is 13.0 Å². The van der Waals surface area contributed by atoms with E-state index in [1.807, 2.05) is 0 Å². The molecule has 0 aromatic rings. The maximum atomic E-state index is 10.4. The maximum Gasteiger partial charge on any atom is 0.303 e. The summed E-state index contributed by atoms with van der Waals surface area (Å²) >= 11 is 0. The van der Waals surface area contributed by atoms with Gasteiger partial charge in [0.05, 0.1) is 13.2 Å². The molecule has 16 heavy (non-hydrogen) atoms. The molecule has 0 aromatic heterocycles. The van der Waals surface area contributed by atoms with E-state index in [0.29, 0.717) is 13.2 Å². The van der Waals surface area contributed by atoms with E-state index in [-0.39, 0.29) is 12.2 Å². The summed E-state index contributed by atoms with van der Waals surface area (Å²) in [6.07, 6.45) is 2.79. The second-order valence-corrected chi connectivity index (χ2v) is 4.45. The van der Waals surface area contributed by atoms with Crippen LogP contribution in [-0.2, 0) is 14.3 Å². The lowest BCUT2D eigenvalue weighted by atomic mass is 10.0. The summed E-state index contributed by atoms with van der Waals surface area (Å²) in [6.45, 7) is 4.17. The van der Waals surface area contributed by atoms with Gasteiger partial charge in [0, 0.05) is 32.4 Å². The Morgan fingerprint density at radius 2 is 1.88 bits per heavy atom. The average Bonchev–Trinajstić information content (AvgIpc) is 2.70. The topological polar surface area (TPSA) is 59.0 Å². The van der Waals surface area contributed by atoms with Gasteiger partial charge in [0.2, 0.25) is 0 Å². The number of piperidine rings is 1. The zero-order valence-corrected chi connectivity index (χ0v) is 9.48. The highest BCUT2D eigenvalue weighted by Gasteiger charge is 2.39. The van der Waals surface area contributed by atoms with Crippen molar-refractivity contribution in [1.82, 2.24) is 4.90 Å². The van der Waals surface area contributed by atoms with Crippen LogP contribution in [0.4, 0.5) is 0 Å². The number of likely N-dealkylation sites (tertiary alicyclic amines) is 1. The summed E-state index contributed by atoms with van der Waals surface area (Å²) < 4.78 is 11.3. The van der Waals surface area contributed by atoms with Gasteiger partial charge in [-0.15, -0.1) is 0 Å². The number of carbonyl (C=O) groups is 1. The zero-order chi connectivity index (χ0) is 11.4. The van der Waals surface area contributed by atoms with E-state index in [4.69, 9.17) is 14.6 Å². The van der Waals surface area contributed by atoms with Crippen molar-refractivity contribution in [3.63, 3.8) is 0 Å². The molecule has 5 nitrogen and oxygen atoms in total. The first-order chi connectivity index (χ1) is 7.70. The van der Waals surface area contributed by atoms with E-state index in [2.05, 4.69) is 4.90 Å². The molecule has 92 valence electrons. The molecule has 0 radical (unpaired) electrons. The van der Waals surface area contributed by atoms with Crippen LogP contribution in [-0.4, -0.2) is 54.6 Å². The first-order valence-corrected chi connectivity index (χ1v) is 5.92. The minimum Gasteiger partial charge on any atom is -0.481 e. The first kappa shape index (κ1) is 11.8. The standard InChI is InChI=1S/C11H19NO4/c13-10(14)2-1-5-12-6-3-11(4-7-12)15-8-9-16-11/h1-9H2,(H,13,14). The predicted molar refractivity (Wildman–Crippen MR) is 57.2 cm³/mol. The Kier molecular flexibility index (Phi) is 3.78. The molecule has 2 aliphatic heterocycles. The lowest BCUT2D eigenvalue weighted by Gasteiger charge is -2.37. The Balaban J connectivity index is 1.67. The fourth-order valence-electron chi connectivity index (χ4n) is 2.36. The molecule has 0 unspecified atom stereocenters. The largest absolute Gasteiger partial charge is 0.481 e. The minimum atomic E-state index is -0.712. The van der Waals surface area contributed by atoms with Crippen molar-refractivity contribution in [1.29, 1.82) is 0 Å². The van der Waals surface area contributed by atoms with E-state index in [0.717, 1.165) is 38.9 Å². The number of hydrogen-bond acceptors (Lipinski definition) is 4. The molecule has 2 aliphatic rings. The second-order valence-electron chi connectivity index (χ2n) is 4.45. The van der Waals surface area contributed by atoms with Crippen LogP contribution < -0.4 is 0 Å². The molecule has 2 saturated heterocycles. The second kappa shape index (κ2) is 5.12. The van der Waals surface area contributed by atoms with Crippen LogP contribution in [0, 0.1) is 0 Å². The first-order valence-electron chi connectivity index (χ1n) is 5.92. The van der Waals surface area contributed by atoms with Gasteiger partial charge in [0.15, 0.2) is 5.79 Å². The van der Waals surface area contributed by atoms with Gasteiger partial charge in [-0.3, -0.25) is 4.79 Å². The van der Waals surface area contributed by atoms with Gasteiger partial charge in [-0.1, -0.05) is 0 Å². The lowest BCUT2D eigenvalue weighted by molar-refractivity contribution is -0.185. The van der Waals surface area contributed by atoms with Crippen molar-refractivity contribution in [2.75, 3.05) is 32.8 Å². The molecule has 0 bridgehead atoms. The molecule has 0 amide bonds. The van der Waals surface area contributed by atoms with Crippen LogP contribution in [0.15, 0.2) is 0 Å². The fourth-order valence-corrected chi connectivity index (χ4v) is 2.36. The number of carboxylic acids is 1. The average molecular weight is 229 g/mol. The predicted octanol–water partition coefficient (Wildman–Crippen LogP) is 0.690. The maximum absolute atomic E-state index is 10.4. The van der Waals surface area contributed by atoms with Gasteiger partial charge in [-0.25, -0.2) is 0 Å². The Morgan fingerprint density at radius 3 is 2.44 bits per heavy atom. The van der Waals surface area contributed by atoms with Crippen molar-refractivity contribution in [3.8, 4) is 0 Å². The zero-order valence-electron chi connectivity index (χ0n) is 9.48. The summed E-state index contributed by atoms with van der Waals surface area (Å²) in [6, 6.07) is 0. The number of aliphatic carboxylic acids is 1.